The number of rotatable bonds is 4. The molecule has 2 rings (SSSR count). The van der Waals surface area contributed by atoms with Gasteiger partial charge in [-0.05, 0) is 37.1 Å². The van der Waals surface area contributed by atoms with Gasteiger partial charge in [0, 0.05) is 6.54 Å². The lowest BCUT2D eigenvalue weighted by molar-refractivity contribution is -0.149. The smallest absolute Gasteiger partial charge is 0.325 e. The van der Waals surface area contributed by atoms with Crippen molar-refractivity contribution in [3.8, 4) is 0 Å². The normalized spacial score (nSPS) is 21.0. The first-order valence-electron chi connectivity index (χ1n) is 6.54. The Balaban J connectivity index is 2.28. The lowest BCUT2D eigenvalue weighted by Gasteiger charge is -2.35. The number of carboxylic acid groups (broad SMARTS) is 2. The molecule has 1 fully saturated rings. The summed E-state index contributed by atoms with van der Waals surface area (Å²) in [5.74, 6) is -5.01. The van der Waals surface area contributed by atoms with Crippen molar-refractivity contribution in [3.63, 3.8) is 0 Å². The van der Waals surface area contributed by atoms with Gasteiger partial charge in [-0.3, -0.25) is 14.5 Å². The fourth-order valence-corrected chi connectivity index (χ4v) is 2.63. The molecule has 0 aromatic heterocycles. The van der Waals surface area contributed by atoms with E-state index in [1.165, 1.54) is 11.0 Å². The topological polar surface area (TPSA) is 77.8 Å². The maximum atomic E-state index is 13.3. The molecule has 0 radical (unpaired) electrons. The minimum absolute atomic E-state index is 0.0747. The molecule has 0 aliphatic carbocycles. The van der Waals surface area contributed by atoms with Gasteiger partial charge in [-0.2, -0.15) is 0 Å². The summed E-state index contributed by atoms with van der Waals surface area (Å²) in [6, 6.07) is 1.75. The first kappa shape index (κ1) is 15.4. The van der Waals surface area contributed by atoms with Crippen molar-refractivity contribution in [2.45, 2.75) is 18.9 Å². The molecule has 114 valence electrons. The zero-order chi connectivity index (χ0) is 15.6. The Bertz CT molecular complexity index is 564. The van der Waals surface area contributed by atoms with Crippen LogP contribution in [0.2, 0.25) is 0 Å². The SMILES string of the molecule is O=C(O)C1CCCN(C(C(=O)O)c2ccc(F)c(F)c2)C1. The third-order valence-corrected chi connectivity index (χ3v) is 3.66. The Morgan fingerprint density at radius 1 is 1.24 bits per heavy atom. The van der Waals surface area contributed by atoms with Gasteiger partial charge in [-0.1, -0.05) is 6.07 Å². The van der Waals surface area contributed by atoms with Crippen LogP contribution < -0.4 is 0 Å². The van der Waals surface area contributed by atoms with Crippen LogP contribution in [0, 0.1) is 17.6 Å². The van der Waals surface area contributed by atoms with Gasteiger partial charge in [0.2, 0.25) is 0 Å². The highest BCUT2D eigenvalue weighted by atomic mass is 19.2. The van der Waals surface area contributed by atoms with Crippen LogP contribution in [-0.4, -0.2) is 40.1 Å². The number of nitrogens with zero attached hydrogens (tertiary/aromatic N) is 1. The molecule has 21 heavy (non-hydrogen) atoms. The van der Waals surface area contributed by atoms with Crippen molar-refractivity contribution in [2.24, 2.45) is 5.92 Å². The van der Waals surface area contributed by atoms with Crippen LogP contribution in [0.3, 0.4) is 0 Å². The van der Waals surface area contributed by atoms with E-state index in [9.17, 15) is 23.5 Å². The first-order valence-corrected chi connectivity index (χ1v) is 6.54. The van der Waals surface area contributed by atoms with Crippen molar-refractivity contribution in [2.75, 3.05) is 13.1 Å². The van der Waals surface area contributed by atoms with Gasteiger partial charge in [0.25, 0.3) is 0 Å². The highest BCUT2D eigenvalue weighted by Gasteiger charge is 2.34. The Labute approximate surface area is 119 Å². The number of carboxylic acids is 2. The Hall–Kier alpha value is -2.02. The number of piperidine rings is 1. The minimum Gasteiger partial charge on any atom is -0.481 e. The molecule has 1 saturated heterocycles. The van der Waals surface area contributed by atoms with E-state index in [-0.39, 0.29) is 12.1 Å². The lowest BCUT2D eigenvalue weighted by atomic mass is 9.95. The second-order valence-electron chi connectivity index (χ2n) is 5.09. The number of halogens is 2. The van der Waals surface area contributed by atoms with Crippen molar-refractivity contribution < 1.29 is 28.6 Å². The van der Waals surface area contributed by atoms with E-state index in [0.29, 0.717) is 19.4 Å². The monoisotopic (exact) mass is 299 g/mol. The number of hydrogen-bond acceptors (Lipinski definition) is 3. The van der Waals surface area contributed by atoms with Crippen LogP contribution in [-0.2, 0) is 9.59 Å². The zero-order valence-corrected chi connectivity index (χ0v) is 11.1. The summed E-state index contributed by atoms with van der Waals surface area (Å²) in [7, 11) is 0. The molecule has 0 bridgehead atoms. The quantitative estimate of drug-likeness (QED) is 0.887. The van der Waals surface area contributed by atoms with Gasteiger partial charge in [0.1, 0.15) is 6.04 Å². The van der Waals surface area contributed by atoms with Gasteiger partial charge in [-0.25, -0.2) is 8.78 Å². The van der Waals surface area contributed by atoms with Gasteiger partial charge in [-0.15, -0.1) is 0 Å². The maximum Gasteiger partial charge on any atom is 0.325 e. The van der Waals surface area contributed by atoms with E-state index in [2.05, 4.69) is 0 Å². The van der Waals surface area contributed by atoms with Crippen molar-refractivity contribution in [1.29, 1.82) is 0 Å². The zero-order valence-electron chi connectivity index (χ0n) is 11.1. The summed E-state index contributed by atoms with van der Waals surface area (Å²) in [6.45, 7) is 0.477. The molecule has 1 aromatic carbocycles. The van der Waals surface area contributed by atoms with Crippen LogP contribution in [0.4, 0.5) is 8.78 Å². The van der Waals surface area contributed by atoms with Crippen molar-refractivity contribution >= 4 is 11.9 Å². The van der Waals surface area contributed by atoms with Gasteiger partial charge < -0.3 is 10.2 Å². The minimum atomic E-state index is -1.22. The summed E-state index contributed by atoms with van der Waals surface area (Å²) in [5, 5.41) is 18.4. The van der Waals surface area contributed by atoms with Crippen molar-refractivity contribution in [3.05, 3.63) is 35.4 Å². The van der Waals surface area contributed by atoms with E-state index in [0.717, 1.165) is 12.1 Å². The predicted molar refractivity (Wildman–Crippen MR) is 68.7 cm³/mol. The average molecular weight is 299 g/mol. The van der Waals surface area contributed by atoms with Crippen LogP contribution >= 0.6 is 0 Å². The molecule has 2 atom stereocenters. The number of benzene rings is 1. The van der Waals surface area contributed by atoms with Gasteiger partial charge in [0.15, 0.2) is 11.6 Å². The molecular weight excluding hydrogens is 284 g/mol. The molecule has 2 N–H and O–H groups in total. The fraction of sp³-hybridized carbons (Fsp3) is 0.429. The molecule has 0 amide bonds. The van der Waals surface area contributed by atoms with E-state index in [1.54, 1.807) is 0 Å². The van der Waals surface area contributed by atoms with Crippen LogP contribution in [0.25, 0.3) is 0 Å². The fourth-order valence-electron chi connectivity index (χ4n) is 2.63. The third kappa shape index (κ3) is 3.36. The Morgan fingerprint density at radius 3 is 2.52 bits per heavy atom. The highest BCUT2D eigenvalue weighted by molar-refractivity contribution is 5.76. The summed E-state index contributed by atoms with van der Waals surface area (Å²) in [4.78, 5) is 24.0. The molecule has 2 unspecified atom stereocenters. The van der Waals surface area contributed by atoms with Gasteiger partial charge in [0.05, 0.1) is 5.92 Å². The largest absolute Gasteiger partial charge is 0.481 e. The number of aliphatic carboxylic acids is 2. The van der Waals surface area contributed by atoms with Crippen LogP contribution in [0.5, 0.6) is 0 Å². The number of carbonyl (C=O) groups is 2. The second kappa shape index (κ2) is 6.17. The molecule has 1 aliphatic heterocycles. The molecule has 0 spiro atoms. The Morgan fingerprint density at radius 2 is 1.95 bits per heavy atom. The lowest BCUT2D eigenvalue weighted by Crippen LogP contribution is -2.43. The Kier molecular flexibility index (Phi) is 4.52. The second-order valence-corrected chi connectivity index (χ2v) is 5.09. The molecular formula is C14H15F2NO4. The van der Waals surface area contributed by atoms with E-state index < -0.39 is 35.5 Å². The molecule has 7 heteroatoms. The molecule has 1 aliphatic rings. The predicted octanol–water partition coefficient (Wildman–Crippen LogP) is 1.89. The average Bonchev–Trinajstić information content (AvgIpc) is 2.43. The molecule has 1 heterocycles. The van der Waals surface area contributed by atoms with E-state index in [1.807, 2.05) is 0 Å². The van der Waals surface area contributed by atoms with E-state index >= 15 is 0 Å². The standard InChI is InChI=1S/C14H15F2NO4/c15-10-4-3-8(6-11(10)16)12(14(20)21)17-5-1-2-9(7-17)13(18)19/h3-4,6,9,12H,1-2,5,7H2,(H,18,19)(H,20,21). The van der Waals surface area contributed by atoms with Crippen molar-refractivity contribution in [1.82, 2.24) is 4.90 Å². The summed E-state index contributed by atoms with van der Waals surface area (Å²) in [5.41, 5.74) is 0.104. The number of hydrogen-bond donors (Lipinski definition) is 2. The highest BCUT2D eigenvalue weighted by Crippen LogP contribution is 2.28. The summed E-state index contributed by atoms with van der Waals surface area (Å²) < 4.78 is 26.3. The van der Waals surface area contributed by atoms with Crippen LogP contribution in [0.15, 0.2) is 18.2 Å². The molecule has 0 saturated carbocycles. The number of likely N-dealkylation sites (tertiary alicyclic amines) is 1. The van der Waals surface area contributed by atoms with E-state index in [4.69, 9.17) is 5.11 Å². The molecule has 5 nitrogen and oxygen atoms in total. The first-order chi connectivity index (χ1) is 9.90. The van der Waals surface area contributed by atoms with Crippen LogP contribution in [0.1, 0.15) is 24.4 Å². The van der Waals surface area contributed by atoms with Gasteiger partial charge >= 0.3 is 11.9 Å². The molecule has 1 aromatic rings. The third-order valence-electron chi connectivity index (χ3n) is 3.66. The summed E-state index contributed by atoms with van der Waals surface area (Å²) >= 11 is 0. The summed E-state index contributed by atoms with van der Waals surface area (Å²) in [6.07, 6.45) is 1.03. The maximum absolute atomic E-state index is 13.3.